The molecule has 0 aliphatic heterocycles. The SMILES string of the molecule is Cc1ccc(COC(=O)c2c(C)nn(Cc3ccc(C)cc3)c2Cl)cc1. The summed E-state index contributed by atoms with van der Waals surface area (Å²) in [7, 11) is 0. The van der Waals surface area contributed by atoms with Gasteiger partial charge in [0, 0.05) is 0 Å². The Morgan fingerprint density at radius 1 is 0.962 bits per heavy atom. The molecule has 3 aromatic rings. The molecule has 1 aromatic heterocycles. The second kappa shape index (κ2) is 7.75. The Hall–Kier alpha value is -2.59. The molecule has 1 heterocycles. The first kappa shape index (κ1) is 18.2. The largest absolute Gasteiger partial charge is 0.457 e. The Balaban J connectivity index is 1.73. The molecular weight excluding hydrogens is 348 g/mol. The molecular formula is C21H21ClN2O2. The third-order valence-corrected chi connectivity index (χ3v) is 4.60. The fourth-order valence-electron chi connectivity index (χ4n) is 2.66. The summed E-state index contributed by atoms with van der Waals surface area (Å²) in [5.41, 5.74) is 5.25. The Morgan fingerprint density at radius 2 is 1.50 bits per heavy atom. The van der Waals surface area contributed by atoms with Gasteiger partial charge in [-0.05, 0) is 31.9 Å². The van der Waals surface area contributed by atoms with E-state index in [2.05, 4.69) is 5.10 Å². The predicted octanol–water partition coefficient (Wildman–Crippen LogP) is 4.87. The third kappa shape index (κ3) is 4.14. The summed E-state index contributed by atoms with van der Waals surface area (Å²) in [6, 6.07) is 16.0. The van der Waals surface area contributed by atoms with Gasteiger partial charge in [-0.1, -0.05) is 71.3 Å². The zero-order chi connectivity index (χ0) is 18.7. The number of esters is 1. The fraction of sp³-hybridized carbons (Fsp3) is 0.238. The van der Waals surface area contributed by atoms with E-state index in [1.807, 2.05) is 62.4 Å². The van der Waals surface area contributed by atoms with Crippen LogP contribution in [-0.4, -0.2) is 15.7 Å². The van der Waals surface area contributed by atoms with E-state index in [4.69, 9.17) is 16.3 Å². The minimum Gasteiger partial charge on any atom is -0.457 e. The van der Waals surface area contributed by atoms with Crippen LogP contribution >= 0.6 is 11.6 Å². The number of hydrogen-bond acceptors (Lipinski definition) is 3. The van der Waals surface area contributed by atoms with Crippen LogP contribution < -0.4 is 0 Å². The van der Waals surface area contributed by atoms with Crippen molar-refractivity contribution in [3.8, 4) is 0 Å². The van der Waals surface area contributed by atoms with E-state index in [9.17, 15) is 4.79 Å². The summed E-state index contributed by atoms with van der Waals surface area (Å²) >= 11 is 6.41. The molecule has 2 aromatic carbocycles. The zero-order valence-corrected chi connectivity index (χ0v) is 15.9. The van der Waals surface area contributed by atoms with E-state index in [-0.39, 0.29) is 6.61 Å². The molecule has 0 amide bonds. The monoisotopic (exact) mass is 368 g/mol. The topological polar surface area (TPSA) is 44.1 Å². The molecule has 134 valence electrons. The van der Waals surface area contributed by atoms with Crippen LogP contribution in [0.1, 0.15) is 38.3 Å². The van der Waals surface area contributed by atoms with Crippen molar-refractivity contribution in [2.75, 3.05) is 0 Å². The molecule has 3 rings (SSSR count). The predicted molar refractivity (Wildman–Crippen MR) is 103 cm³/mol. The van der Waals surface area contributed by atoms with E-state index in [1.165, 1.54) is 5.56 Å². The quantitative estimate of drug-likeness (QED) is 0.603. The first-order chi connectivity index (χ1) is 12.4. The van der Waals surface area contributed by atoms with Gasteiger partial charge >= 0.3 is 5.97 Å². The van der Waals surface area contributed by atoms with Gasteiger partial charge in [-0.2, -0.15) is 5.10 Å². The average Bonchev–Trinajstić information content (AvgIpc) is 2.90. The van der Waals surface area contributed by atoms with Gasteiger partial charge in [0.1, 0.15) is 17.3 Å². The molecule has 0 N–H and O–H groups in total. The van der Waals surface area contributed by atoms with Crippen LogP contribution in [0.15, 0.2) is 48.5 Å². The second-order valence-electron chi connectivity index (χ2n) is 6.46. The number of ether oxygens (including phenoxy) is 1. The maximum absolute atomic E-state index is 12.5. The molecule has 0 spiro atoms. The van der Waals surface area contributed by atoms with Crippen molar-refractivity contribution in [2.24, 2.45) is 0 Å². The summed E-state index contributed by atoms with van der Waals surface area (Å²) in [6.07, 6.45) is 0. The van der Waals surface area contributed by atoms with Gasteiger partial charge in [0.05, 0.1) is 12.2 Å². The van der Waals surface area contributed by atoms with E-state index in [0.717, 1.165) is 16.7 Å². The number of carbonyl (C=O) groups is 1. The van der Waals surface area contributed by atoms with Crippen LogP contribution in [0.3, 0.4) is 0 Å². The maximum Gasteiger partial charge on any atom is 0.343 e. The van der Waals surface area contributed by atoms with Crippen molar-refractivity contribution in [2.45, 2.75) is 33.9 Å². The molecule has 0 saturated carbocycles. The van der Waals surface area contributed by atoms with Gasteiger partial charge in [-0.15, -0.1) is 0 Å². The molecule has 0 radical (unpaired) electrons. The minimum atomic E-state index is -0.455. The Morgan fingerprint density at radius 3 is 2.08 bits per heavy atom. The number of nitrogens with zero attached hydrogens (tertiary/aromatic N) is 2. The number of benzene rings is 2. The highest BCUT2D eigenvalue weighted by molar-refractivity contribution is 6.32. The summed E-state index contributed by atoms with van der Waals surface area (Å²) in [5, 5.41) is 4.70. The lowest BCUT2D eigenvalue weighted by atomic mass is 10.1. The first-order valence-corrected chi connectivity index (χ1v) is 8.83. The van der Waals surface area contributed by atoms with Gasteiger partial charge in [-0.25, -0.2) is 9.48 Å². The lowest BCUT2D eigenvalue weighted by Gasteiger charge is -2.06. The number of aromatic nitrogens is 2. The first-order valence-electron chi connectivity index (χ1n) is 8.45. The van der Waals surface area contributed by atoms with Gasteiger partial charge in [-0.3, -0.25) is 0 Å². The summed E-state index contributed by atoms with van der Waals surface area (Å²) in [4.78, 5) is 12.5. The lowest BCUT2D eigenvalue weighted by molar-refractivity contribution is 0.0472. The molecule has 0 fully saturated rings. The Kier molecular flexibility index (Phi) is 5.43. The standard InChI is InChI=1S/C21H21ClN2O2/c1-14-4-8-17(9-5-14)12-24-20(22)19(16(3)23-24)21(25)26-13-18-10-6-15(2)7-11-18/h4-11H,12-13H2,1-3H3. The summed E-state index contributed by atoms with van der Waals surface area (Å²) in [6.45, 7) is 6.53. The number of rotatable bonds is 5. The average molecular weight is 369 g/mol. The maximum atomic E-state index is 12.5. The summed E-state index contributed by atoms with van der Waals surface area (Å²) < 4.78 is 7.05. The van der Waals surface area contributed by atoms with Gasteiger partial charge in [0.25, 0.3) is 0 Å². The number of hydrogen-bond donors (Lipinski definition) is 0. The van der Waals surface area contributed by atoms with Crippen molar-refractivity contribution >= 4 is 17.6 Å². The molecule has 0 aliphatic rings. The molecule has 0 saturated heterocycles. The zero-order valence-electron chi connectivity index (χ0n) is 15.1. The van der Waals surface area contributed by atoms with Crippen molar-refractivity contribution in [1.29, 1.82) is 0 Å². The molecule has 26 heavy (non-hydrogen) atoms. The van der Waals surface area contributed by atoms with Crippen LogP contribution in [0.2, 0.25) is 5.15 Å². The molecule has 0 atom stereocenters. The highest BCUT2D eigenvalue weighted by Crippen LogP contribution is 2.22. The Bertz CT molecular complexity index is 912. The summed E-state index contributed by atoms with van der Waals surface area (Å²) in [5.74, 6) is -0.455. The van der Waals surface area contributed by atoms with E-state index in [1.54, 1.807) is 11.6 Å². The third-order valence-electron chi connectivity index (χ3n) is 4.21. The number of halogens is 1. The molecule has 0 unspecified atom stereocenters. The van der Waals surface area contributed by atoms with E-state index < -0.39 is 5.97 Å². The van der Waals surface area contributed by atoms with E-state index >= 15 is 0 Å². The van der Waals surface area contributed by atoms with Crippen molar-refractivity contribution in [3.05, 3.63) is 87.2 Å². The molecule has 4 nitrogen and oxygen atoms in total. The van der Waals surface area contributed by atoms with Crippen molar-refractivity contribution < 1.29 is 9.53 Å². The van der Waals surface area contributed by atoms with Crippen molar-refractivity contribution in [3.63, 3.8) is 0 Å². The normalized spacial score (nSPS) is 10.8. The van der Waals surface area contributed by atoms with Crippen LogP contribution in [0.4, 0.5) is 0 Å². The molecule has 0 aliphatic carbocycles. The van der Waals surface area contributed by atoms with Gasteiger partial charge in [0.2, 0.25) is 0 Å². The number of aryl methyl sites for hydroxylation is 3. The van der Waals surface area contributed by atoms with Crippen LogP contribution in [0, 0.1) is 20.8 Å². The van der Waals surface area contributed by atoms with Crippen LogP contribution in [0.5, 0.6) is 0 Å². The van der Waals surface area contributed by atoms with Gasteiger partial charge in [0.15, 0.2) is 0 Å². The van der Waals surface area contributed by atoms with Crippen molar-refractivity contribution in [1.82, 2.24) is 9.78 Å². The van der Waals surface area contributed by atoms with Gasteiger partial charge < -0.3 is 4.74 Å². The smallest absolute Gasteiger partial charge is 0.343 e. The lowest BCUT2D eigenvalue weighted by Crippen LogP contribution is -2.07. The fourth-order valence-corrected chi connectivity index (χ4v) is 2.97. The van der Waals surface area contributed by atoms with E-state index in [0.29, 0.717) is 23.0 Å². The second-order valence-corrected chi connectivity index (χ2v) is 6.81. The minimum absolute atomic E-state index is 0.206. The number of carbonyl (C=O) groups excluding carboxylic acids is 1. The highest BCUT2D eigenvalue weighted by atomic mass is 35.5. The molecule has 0 bridgehead atoms. The van der Waals surface area contributed by atoms with Crippen LogP contribution in [-0.2, 0) is 17.9 Å². The molecule has 5 heteroatoms. The van der Waals surface area contributed by atoms with Crippen LogP contribution in [0.25, 0.3) is 0 Å². The Labute approximate surface area is 158 Å². The highest BCUT2D eigenvalue weighted by Gasteiger charge is 2.21.